The molecule has 0 bridgehead atoms. The van der Waals surface area contributed by atoms with Crippen LogP contribution in [0.1, 0.15) is 21.7 Å². The first-order valence-corrected chi connectivity index (χ1v) is 5.98. The Labute approximate surface area is 115 Å². The van der Waals surface area contributed by atoms with Crippen molar-refractivity contribution in [2.24, 2.45) is 0 Å². The van der Waals surface area contributed by atoms with Gasteiger partial charge in [0.2, 0.25) is 0 Å². The van der Waals surface area contributed by atoms with Crippen molar-refractivity contribution in [2.75, 3.05) is 5.32 Å². The number of nitrogens with zero attached hydrogens (tertiary/aromatic N) is 2. The molecule has 0 amide bonds. The maximum absolute atomic E-state index is 10.8. The van der Waals surface area contributed by atoms with Crippen molar-refractivity contribution < 1.29 is 9.90 Å². The molecule has 5 nitrogen and oxygen atoms in total. The van der Waals surface area contributed by atoms with Gasteiger partial charge in [0, 0.05) is 6.20 Å². The van der Waals surface area contributed by atoms with Crippen molar-refractivity contribution in [1.82, 2.24) is 9.97 Å². The summed E-state index contributed by atoms with van der Waals surface area (Å²) < 4.78 is 0. The number of aryl methyl sites for hydroxylation is 1. The van der Waals surface area contributed by atoms with Crippen molar-refractivity contribution >= 4 is 23.3 Å². The van der Waals surface area contributed by atoms with E-state index in [1.54, 1.807) is 18.5 Å². The second-order valence-electron chi connectivity index (χ2n) is 4.00. The highest BCUT2D eigenvalue weighted by atomic mass is 35.5. The summed E-state index contributed by atoms with van der Waals surface area (Å²) >= 11 is 6.00. The number of rotatable bonds is 4. The summed E-state index contributed by atoms with van der Waals surface area (Å²) in [6.45, 7) is 2.34. The van der Waals surface area contributed by atoms with Crippen LogP contribution in [0.4, 0.5) is 5.69 Å². The number of hydrogen-bond donors (Lipinski definition) is 2. The van der Waals surface area contributed by atoms with Crippen LogP contribution < -0.4 is 5.32 Å². The zero-order valence-corrected chi connectivity index (χ0v) is 11.0. The van der Waals surface area contributed by atoms with Crippen LogP contribution in [-0.4, -0.2) is 21.0 Å². The summed E-state index contributed by atoms with van der Waals surface area (Å²) in [6.07, 6.45) is 3.37. The molecule has 98 valence electrons. The fraction of sp³-hybridized carbons (Fsp3) is 0.154. The molecule has 0 aliphatic carbocycles. The zero-order chi connectivity index (χ0) is 13.8. The molecule has 0 radical (unpaired) electrons. The van der Waals surface area contributed by atoms with E-state index in [1.165, 1.54) is 12.1 Å². The van der Waals surface area contributed by atoms with E-state index in [4.69, 9.17) is 16.7 Å². The minimum atomic E-state index is -1.00. The Morgan fingerprint density at radius 1 is 1.37 bits per heavy atom. The Balaban J connectivity index is 2.07. The molecule has 6 heteroatoms. The molecule has 2 rings (SSSR count). The topological polar surface area (TPSA) is 75.1 Å². The van der Waals surface area contributed by atoms with Crippen LogP contribution in [0, 0.1) is 6.92 Å². The van der Waals surface area contributed by atoms with Gasteiger partial charge in [-0.25, -0.2) is 4.79 Å². The van der Waals surface area contributed by atoms with E-state index in [9.17, 15) is 4.79 Å². The first-order chi connectivity index (χ1) is 9.06. The van der Waals surface area contributed by atoms with E-state index in [2.05, 4.69) is 15.3 Å². The van der Waals surface area contributed by atoms with E-state index >= 15 is 0 Å². The number of halogens is 1. The second-order valence-corrected chi connectivity index (χ2v) is 4.41. The van der Waals surface area contributed by atoms with Gasteiger partial charge in [0.05, 0.1) is 40.4 Å². The minimum Gasteiger partial charge on any atom is -0.478 e. The lowest BCUT2D eigenvalue weighted by Crippen LogP contribution is -2.04. The lowest BCUT2D eigenvalue weighted by molar-refractivity contribution is 0.0697. The van der Waals surface area contributed by atoms with Crippen LogP contribution in [0.5, 0.6) is 0 Å². The molecule has 0 aliphatic heterocycles. The van der Waals surface area contributed by atoms with E-state index in [0.29, 0.717) is 17.3 Å². The summed E-state index contributed by atoms with van der Waals surface area (Å²) in [5.41, 5.74) is 2.45. The van der Waals surface area contributed by atoms with E-state index in [1.807, 2.05) is 6.92 Å². The average Bonchev–Trinajstić information content (AvgIpc) is 2.39. The monoisotopic (exact) mass is 277 g/mol. The molecule has 0 unspecified atom stereocenters. The van der Waals surface area contributed by atoms with Gasteiger partial charge in [-0.1, -0.05) is 11.6 Å². The van der Waals surface area contributed by atoms with Crippen LogP contribution in [0.3, 0.4) is 0 Å². The molecule has 0 aliphatic rings. The van der Waals surface area contributed by atoms with E-state index in [-0.39, 0.29) is 5.56 Å². The SMILES string of the molecule is Cc1cnc(CNc2ccc(C(=O)O)cc2Cl)cn1. The molecule has 0 spiro atoms. The number of anilines is 1. The number of aromatic nitrogens is 2. The Bertz CT molecular complexity index is 599. The zero-order valence-electron chi connectivity index (χ0n) is 10.2. The van der Waals surface area contributed by atoms with Gasteiger partial charge in [0.1, 0.15) is 0 Å². The number of carboxylic acid groups (broad SMARTS) is 1. The summed E-state index contributed by atoms with van der Waals surface area (Å²) in [7, 11) is 0. The number of carbonyl (C=O) groups is 1. The number of carboxylic acids is 1. The molecule has 19 heavy (non-hydrogen) atoms. The van der Waals surface area contributed by atoms with Gasteiger partial charge in [-0.05, 0) is 25.1 Å². The highest BCUT2D eigenvalue weighted by Gasteiger charge is 2.07. The normalized spacial score (nSPS) is 10.2. The Morgan fingerprint density at radius 3 is 2.74 bits per heavy atom. The fourth-order valence-corrected chi connectivity index (χ4v) is 1.74. The molecule has 1 heterocycles. The Morgan fingerprint density at radius 2 is 2.16 bits per heavy atom. The highest BCUT2D eigenvalue weighted by molar-refractivity contribution is 6.33. The highest BCUT2D eigenvalue weighted by Crippen LogP contribution is 2.23. The van der Waals surface area contributed by atoms with Gasteiger partial charge in [-0.3, -0.25) is 9.97 Å². The summed E-state index contributed by atoms with van der Waals surface area (Å²) in [5, 5.41) is 12.3. The lowest BCUT2D eigenvalue weighted by atomic mass is 10.2. The first kappa shape index (κ1) is 13.3. The Kier molecular flexibility index (Phi) is 3.97. The van der Waals surface area contributed by atoms with Crippen LogP contribution in [0.25, 0.3) is 0 Å². The van der Waals surface area contributed by atoms with Crippen LogP contribution in [0.15, 0.2) is 30.6 Å². The standard InChI is InChI=1S/C13H12ClN3O2/c1-8-5-16-10(6-15-8)7-17-12-3-2-9(13(18)19)4-11(12)14/h2-6,17H,7H2,1H3,(H,18,19). The van der Waals surface area contributed by atoms with Crippen LogP contribution in [0.2, 0.25) is 5.02 Å². The fourth-order valence-electron chi connectivity index (χ4n) is 1.49. The van der Waals surface area contributed by atoms with Gasteiger partial charge in [-0.2, -0.15) is 0 Å². The third kappa shape index (κ3) is 3.42. The van der Waals surface area contributed by atoms with Gasteiger partial charge in [0.25, 0.3) is 0 Å². The van der Waals surface area contributed by atoms with Gasteiger partial charge >= 0.3 is 5.97 Å². The number of aromatic carboxylic acids is 1. The van der Waals surface area contributed by atoms with Crippen molar-refractivity contribution in [2.45, 2.75) is 13.5 Å². The third-order valence-corrected chi connectivity index (χ3v) is 2.82. The van der Waals surface area contributed by atoms with Crippen LogP contribution in [-0.2, 0) is 6.54 Å². The number of nitrogens with one attached hydrogen (secondary N) is 1. The maximum Gasteiger partial charge on any atom is 0.335 e. The smallest absolute Gasteiger partial charge is 0.335 e. The largest absolute Gasteiger partial charge is 0.478 e. The predicted octanol–water partition coefficient (Wildman–Crippen LogP) is 2.75. The molecule has 2 aromatic rings. The quantitative estimate of drug-likeness (QED) is 0.899. The molecule has 1 aromatic heterocycles. The molecular weight excluding hydrogens is 266 g/mol. The van der Waals surface area contributed by atoms with Crippen molar-refractivity contribution in [3.8, 4) is 0 Å². The predicted molar refractivity (Wildman–Crippen MR) is 72.5 cm³/mol. The third-order valence-electron chi connectivity index (χ3n) is 2.51. The van der Waals surface area contributed by atoms with Gasteiger partial charge in [0.15, 0.2) is 0 Å². The molecule has 2 N–H and O–H groups in total. The molecular formula is C13H12ClN3O2. The number of benzene rings is 1. The van der Waals surface area contributed by atoms with E-state index in [0.717, 1.165) is 11.4 Å². The summed E-state index contributed by atoms with van der Waals surface area (Å²) in [5.74, 6) is -1.00. The molecule has 0 saturated carbocycles. The van der Waals surface area contributed by atoms with Gasteiger partial charge in [-0.15, -0.1) is 0 Å². The molecule has 0 saturated heterocycles. The summed E-state index contributed by atoms with van der Waals surface area (Å²) in [6, 6.07) is 4.54. The minimum absolute atomic E-state index is 0.158. The average molecular weight is 278 g/mol. The first-order valence-electron chi connectivity index (χ1n) is 5.60. The molecule has 0 atom stereocenters. The lowest BCUT2D eigenvalue weighted by Gasteiger charge is -2.08. The van der Waals surface area contributed by atoms with Crippen LogP contribution >= 0.6 is 11.6 Å². The molecule has 0 fully saturated rings. The van der Waals surface area contributed by atoms with Crippen molar-refractivity contribution in [3.05, 3.63) is 52.6 Å². The second kappa shape index (κ2) is 5.67. The van der Waals surface area contributed by atoms with Gasteiger partial charge < -0.3 is 10.4 Å². The maximum atomic E-state index is 10.8. The summed E-state index contributed by atoms with van der Waals surface area (Å²) in [4.78, 5) is 19.1. The van der Waals surface area contributed by atoms with Crippen molar-refractivity contribution in [1.29, 1.82) is 0 Å². The Hall–Kier alpha value is -2.14. The van der Waals surface area contributed by atoms with Crippen molar-refractivity contribution in [3.63, 3.8) is 0 Å². The number of hydrogen-bond acceptors (Lipinski definition) is 4. The van der Waals surface area contributed by atoms with E-state index < -0.39 is 5.97 Å². The molecule has 1 aromatic carbocycles.